The van der Waals surface area contributed by atoms with Gasteiger partial charge in [0, 0.05) is 28.3 Å². The molecule has 1 aromatic heterocycles. The van der Waals surface area contributed by atoms with Crippen LogP contribution in [0, 0.1) is 0 Å². The zero-order valence-corrected chi connectivity index (χ0v) is 17.9. The van der Waals surface area contributed by atoms with Crippen molar-refractivity contribution in [1.82, 2.24) is 10.3 Å². The number of halogens is 1. The van der Waals surface area contributed by atoms with Crippen molar-refractivity contribution in [3.05, 3.63) is 88.7 Å². The zero-order chi connectivity index (χ0) is 21.1. The fourth-order valence-corrected chi connectivity index (χ4v) is 4.07. The maximum Gasteiger partial charge on any atom is 0.260 e. The van der Waals surface area contributed by atoms with Crippen LogP contribution in [0.25, 0.3) is 0 Å². The van der Waals surface area contributed by atoms with E-state index in [1.807, 2.05) is 30.5 Å². The molecular weight excluding hydrogens is 418 g/mol. The smallest absolute Gasteiger partial charge is 0.260 e. The monoisotopic (exact) mass is 437 g/mol. The van der Waals surface area contributed by atoms with Crippen LogP contribution >= 0.6 is 23.4 Å². The van der Waals surface area contributed by atoms with Gasteiger partial charge in [-0.15, -0.1) is 11.8 Å². The summed E-state index contributed by atoms with van der Waals surface area (Å²) in [6.45, 7) is 0.435. The summed E-state index contributed by atoms with van der Waals surface area (Å²) in [5.74, 6) is -0.301. The average molecular weight is 438 g/mol. The third-order valence-electron chi connectivity index (χ3n) is 5.05. The lowest BCUT2D eigenvalue weighted by atomic mass is 10.1. The number of aromatic nitrogens is 1. The lowest BCUT2D eigenvalue weighted by Crippen LogP contribution is -2.32. The molecule has 1 N–H and O–H groups in total. The first kappa shape index (κ1) is 20.4. The number of anilines is 1. The fraction of sp³-hybridized carbons (Fsp3) is 0.174. The van der Waals surface area contributed by atoms with Crippen LogP contribution in [0.2, 0.25) is 5.02 Å². The average Bonchev–Trinajstić information content (AvgIpc) is 3.05. The molecule has 0 bridgehead atoms. The molecule has 2 amide bonds. The van der Waals surface area contributed by atoms with E-state index in [-0.39, 0.29) is 18.2 Å². The van der Waals surface area contributed by atoms with E-state index in [0.29, 0.717) is 28.5 Å². The van der Waals surface area contributed by atoms with Crippen molar-refractivity contribution < 1.29 is 9.59 Å². The first-order chi connectivity index (χ1) is 14.6. The second-order valence-electron chi connectivity index (χ2n) is 6.93. The maximum absolute atomic E-state index is 13.0. The summed E-state index contributed by atoms with van der Waals surface area (Å²) in [6.07, 6.45) is 3.80. The van der Waals surface area contributed by atoms with Gasteiger partial charge in [-0.25, -0.2) is 0 Å². The Bertz CT molecular complexity index is 1070. The van der Waals surface area contributed by atoms with Crippen LogP contribution in [0.4, 0.5) is 5.69 Å². The first-order valence-electron chi connectivity index (χ1n) is 9.50. The van der Waals surface area contributed by atoms with Gasteiger partial charge in [0.1, 0.15) is 0 Å². The van der Waals surface area contributed by atoms with Gasteiger partial charge < -0.3 is 5.32 Å². The molecule has 1 atom stereocenters. The number of amides is 2. The molecule has 5 nitrogen and oxygen atoms in total. The topological polar surface area (TPSA) is 62.3 Å². The van der Waals surface area contributed by atoms with E-state index in [2.05, 4.69) is 10.3 Å². The van der Waals surface area contributed by atoms with Gasteiger partial charge in [-0.05, 0) is 60.4 Å². The molecule has 1 aliphatic heterocycles. The molecular formula is C23H20ClN3O2S. The molecule has 0 radical (unpaired) electrons. The molecule has 3 aromatic rings. The molecule has 2 aromatic carbocycles. The van der Waals surface area contributed by atoms with E-state index in [4.69, 9.17) is 11.6 Å². The molecule has 2 heterocycles. The molecule has 0 saturated heterocycles. The van der Waals surface area contributed by atoms with E-state index >= 15 is 0 Å². The molecule has 0 spiro atoms. The number of hydrogen-bond acceptors (Lipinski definition) is 4. The highest BCUT2D eigenvalue weighted by Gasteiger charge is 2.39. The van der Waals surface area contributed by atoms with Crippen LogP contribution in [-0.2, 0) is 11.3 Å². The first-order valence-corrected chi connectivity index (χ1v) is 11.1. The summed E-state index contributed by atoms with van der Waals surface area (Å²) in [5.41, 5.74) is 2.86. The largest absolute Gasteiger partial charge is 0.352 e. The van der Waals surface area contributed by atoms with Gasteiger partial charge in [-0.2, -0.15) is 0 Å². The Morgan fingerprint density at radius 2 is 1.87 bits per heavy atom. The quantitative estimate of drug-likeness (QED) is 0.559. The van der Waals surface area contributed by atoms with Crippen molar-refractivity contribution >= 4 is 40.9 Å². The minimum Gasteiger partial charge on any atom is -0.352 e. The number of fused-ring (bicyclic) bond motifs is 1. The third-order valence-corrected chi connectivity index (χ3v) is 6.04. The Morgan fingerprint density at radius 1 is 1.13 bits per heavy atom. The number of pyridine rings is 1. The van der Waals surface area contributed by atoms with Crippen molar-refractivity contribution in [3.63, 3.8) is 0 Å². The highest BCUT2D eigenvalue weighted by Crippen LogP contribution is 2.38. The fourth-order valence-electron chi connectivity index (χ4n) is 3.54. The number of hydrogen-bond donors (Lipinski definition) is 1. The minimum absolute atomic E-state index is 0.126. The van der Waals surface area contributed by atoms with Gasteiger partial charge in [0.2, 0.25) is 5.91 Å². The molecule has 4 rings (SSSR count). The zero-order valence-electron chi connectivity index (χ0n) is 16.3. The highest BCUT2D eigenvalue weighted by molar-refractivity contribution is 7.98. The highest BCUT2D eigenvalue weighted by atomic mass is 35.5. The van der Waals surface area contributed by atoms with Crippen molar-refractivity contribution in [2.75, 3.05) is 11.2 Å². The van der Waals surface area contributed by atoms with Crippen LogP contribution in [-0.4, -0.2) is 23.1 Å². The molecule has 1 aliphatic rings. The normalized spacial score (nSPS) is 15.2. The van der Waals surface area contributed by atoms with Gasteiger partial charge in [-0.3, -0.25) is 19.5 Å². The van der Waals surface area contributed by atoms with Gasteiger partial charge in [0.05, 0.1) is 23.7 Å². The molecule has 0 saturated carbocycles. The van der Waals surface area contributed by atoms with Crippen molar-refractivity contribution in [3.8, 4) is 0 Å². The summed E-state index contributed by atoms with van der Waals surface area (Å²) in [5, 5.41) is 3.54. The Hall–Kier alpha value is -2.83. The third kappa shape index (κ3) is 4.20. The summed E-state index contributed by atoms with van der Waals surface area (Å²) in [4.78, 5) is 33.0. The number of benzene rings is 2. The van der Waals surface area contributed by atoms with E-state index in [1.54, 1.807) is 59.3 Å². The second-order valence-corrected chi connectivity index (χ2v) is 8.25. The Morgan fingerprint density at radius 3 is 2.57 bits per heavy atom. The van der Waals surface area contributed by atoms with E-state index in [9.17, 15) is 9.59 Å². The number of nitrogens with one attached hydrogen (secondary N) is 1. The van der Waals surface area contributed by atoms with Crippen molar-refractivity contribution in [2.24, 2.45) is 0 Å². The van der Waals surface area contributed by atoms with Gasteiger partial charge >= 0.3 is 0 Å². The van der Waals surface area contributed by atoms with Gasteiger partial charge in [0.25, 0.3) is 5.91 Å². The standard InChI is InChI=1S/C23H20ClN3O2S/c1-30-18-10-4-15(5-11-18)14-26-21(28)13-20-22-19(3-2-12-25-22)23(29)27(20)17-8-6-16(24)7-9-17/h2-12,20H,13-14H2,1H3,(H,26,28)/t20-/m1/s1. The van der Waals surface area contributed by atoms with Gasteiger partial charge in [-0.1, -0.05) is 23.7 Å². The van der Waals surface area contributed by atoms with E-state index < -0.39 is 6.04 Å². The predicted octanol–water partition coefficient (Wildman–Crippen LogP) is 4.86. The number of carbonyl (C=O) groups excluding carboxylic acids is 2. The summed E-state index contributed by atoms with van der Waals surface area (Å²) >= 11 is 7.68. The number of nitrogens with zero attached hydrogens (tertiary/aromatic N) is 2. The summed E-state index contributed by atoms with van der Waals surface area (Å²) in [7, 11) is 0. The van der Waals surface area contributed by atoms with Crippen molar-refractivity contribution in [2.45, 2.75) is 23.9 Å². The van der Waals surface area contributed by atoms with Crippen molar-refractivity contribution in [1.29, 1.82) is 0 Å². The summed E-state index contributed by atoms with van der Waals surface area (Å²) < 4.78 is 0. The van der Waals surface area contributed by atoms with Crippen LogP contribution < -0.4 is 10.2 Å². The molecule has 152 valence electrons. The molecule has 0 fully saturated rings. The van der Waals surface area contributed by atoms with E-state index in [0.717, 1.165) is 5.56 Å². The maximum atomic E-state index is 13.0. The Labute approximate surface area is 184 Å². The molecule has 7 heteroatoms. The second kappa shape index (κ2) is 8.90. The SMILES string of the molecule is CSc1ccc(CNC(=O)C[C@@H]2c3ncccc3C(=O)N2c2ccc(Cl)cc2)cc1. The molecule has 0 aliphatic carbocycles. The van der Waals surface area contributed by atoms with Crippen LogP contribution in [0.15, 0.2) is 71.8 Å². The van der Waals surface area contributed by atoms with Crippen LogP contribution in [0.3, 0.4) is 0 Å². The number of thioether (sulfide) groups is 1. The lowest BCUT2D eigenvalue weighted by molar-refractivity contribution is -0.121. The summed E-state index contributed by atoms with van der Waals surface area (Å²) in [6, 6.07) is 18.1. The molecule has 0 unspecified atom stereocenters. The minimum atomic E-state index is -0.464. The van der Waals surface area contributed by atoms with Crippen LogP contribution in [0.5, 0.6) is 0 Å². The number of carbonyl (C=O) groups is 2. The Kier molecular flexibility index (Phi) is 6.06. The predicted molar refractivity (Wildman–Crippen MR) is 120 cm³/mol. The lowest BCUT2D eigenvalue weighted by Gasteiger charge is -2.24. The number of rotatable bonds is 6. The van der Waals surface area contributed by atoms with Gasteiger partial charge in [0.15, 0.2) is 0 Å². The molecule has 30 heavy (non-hydrogen) atoms. The Balaban J connectivity index is 1.52. The van der Waals surface area contributed by atoms with E-state index in [1.165, 1.54) is 4.90 Å². The van der Waals surface area contributed by atoms with Crippen LogP contribution in [0.1, 0.15) is 34.1 Å².